The molecule has 0 atom stereocenters. The van der Waals surface area contributed by atoms with Crippen LogP contribution in [0, 0.1) is 5.41 Å². The third kappa shape index (κ3) is 5.16. The van der Waals surface area contributed by atoms with Crippen molar-refractivity contribution in [1.82, 2.24) is 24.3 Å². The predicted octanol–water partition coefficient (Wildman–Crippen LogP) is 7.20. The molecule has 2 aromatic heterocycles. The molecule has 2 aliphatic heterocycles. The maximum absolute atomic E-state index is 6.40. The summed E-state index contributed by atoms with van der Waals surface area (Å²) in [6.07, 6.45) is 8.51. The van der Waals surface area contributed by atoms with Crippen molar-refractivity contribution >= 4 is 28.3 Å². The number of aryl methyl sites for hydroxylation is 1. The third-order valence-corrected chi connectivity index (χ3v) is 8.72. The molecule has 3 aromatic rings. The van der Waals surface area contributed by atoms with Crippen LogP contribution in [0.4, 0.5) is 5.69 Å². The van der Waals surface area contributed by atoms with Crippen LogP contribution in [0.15, 0.2) is 61.3 Å². The van der Waals surface area contributed by atoms with Gasteiger partial charge in [-0.05, 0) is 48.1 Å². The van der Waals surface area contributed by atoms with Gasteiger partial charge in [-0.3, -0.25) is 4.98 Å². The first-order chi connectivity index (χ1) is 18.5. The van der Waals surface area contributed by atoms with E-state index in [9.17, 15) is 0 Å². The number of anilines is 1. The molecule has 0 saturated carbocycles. The molecule has 1 fully saturated rings. The smallest absolute Gasteiger partial charge is 0.129 e. The monoisotopic (exact) mass is 546 g/mol. The number of halogens is 1. The van der Waals surface area contributed by atoms with E-state index in [2.05, 4.69) is 78.2 Å². The number of likely N-dealkylation sites (tertiary alicyclic amines) is 1. The van der Waals surface area contributed by atoms with Crippen molar-refractivity contribution in [3.8, 4) is 0 Å². The second-order valence-electron chi connectivity index (χ2n) is 12.5. The Hall–Kier alpha value is -2.99. The Bertz CT molecular complexity index is 1380. The minimum Gasteiger partial charge on any atom is -0.362 e. The minimum atomic E-state index is -0.131. The molecule has 7 heteroatoms. The van der Waals surface area contributed by atoms with Gasteiger partial charge in [-0.2, -0.15) is 0 Å². The Morgan fingerprint density at radius 3 is 2.67 bits per heavy atom. The maximum atomic E-state index is 6.40. The molecule has 0 radical (unpaired) electrons. The molecule has 5 rings (SSSR count). The molecule has 2 aliphatic rings. The summed E-state index contributed by atoms with van der Waals surface area (Å²) in [6, 6.07) is 8.17. The molecule has 0 unspecified atom stereocenters. The Labute approximate surface area is 239 Å². The highest BCUT2D eigenvalue weighted by Gasteiger charge is 2.55. The average molecular weight is 547 g/mol. The number of aromatic nitrogens is 3. The number of imidazole rings is 1. The van der Waals surface area contributed by atoms with Gasteiger partial charge in [-0.15, -0.1) is 0 Å². The van der Waals surface area contributed by atoms with Crippen molar-refractivity contribution in [2.45, 2.75) is 71.9 Å². The predicted molar refractivity (Wildman–Crippen MR) is 163 cm³/mol. The number of fused-ring (bicyclic) bond motifs is 3. The summed E-state index contributed by atoms with van der Waals surface area (Å²) >= 11 is 6.40. The average Bonchev–Trinajstić information content (AvgIpc) is 3.33. The van der Waals surface area contributed by atoms with Gasteiger partial charge in [0.05, 0.1) is 40.7 Å². The highest BCUT2D eigenvalue weighted by Crippen LogP contribution is 2.53. The van der Waals surface area contributed by atoms with Crippen LogP contribution in [0.1, 0.15) is 64.8 Å². The van der Waals surface area contributed by atoms with Crippen LogP contribution >= 0.6 is 11.6 Å². The summed E-state index contributed by atoms with van der Waals surface area (Å²) in [7, 11) is 2.15. The second-order valence-corrected chi connectivity index (χ2v) is 13.0. The van der Waals surface area contributed by atoms with Crippen molar-refractivity contribution in [2.24, 2.45) is 5.41 Å². The van der Waals surface area contributed by atoms with Crippen molar-refractivity contribution in [3.05, 3.63) is 77.7 Å². The number of unbranched alkanes of at least 4 members (excludes halogenated alkanes) is 2. The molecular formula is C32H43ClN6. The lowest BCUT2D eigenvalue weighted by molar-refractivity contribution is 0.0912. The third-order valence-electron chi connectivity index (χ3n) is 8.48. The second kappa shape index (κ2) is 10.5. The van der Waals surface area contributed by atoms with Crippen LogP contribution in [0.5, 0.6) is 0 Å². The van der Waals surface area contributed by atoms with E-state index in [1.807, 2.05) is 30.6 Å². The van der Waals surface area contributed by atoms with Gasteiger partial charge in [0, 0.05) is 50.1 Å². The first-order valence-electron chi connectivity index (χ1n) is 14.2. The topological polar surface area (TPSA) is 40.4 Å². The van der Waals surface area contributed by atoms with Crippen LogP contribution in [0.3, 0.4) is 0 Å². The van der Waals surface area contributed by atoms with E-state index < -0.39 is 0 Å². The molecule has 0 aliphatic carbocycles. The zero-order chi connectivity index (χ0) is 27.9. The highest BCUT2D eigenvalue weighted by atomic mass is 35.5. The van der Waals surface area contributed by atoms with Gasteiger partial charge < -0.3 is 19.3 Å². The number of rotatable bonds is 10. The van der Waals surface area contributed by atoms with Crippen molar-refractivity contribution in [2.75, 3.05) is 31.6 Å². The SMILES string of the molecule is C=C(N(C)CCC(C)(C)C)N1CC2(C1)C(=C)N(Cc1nc3ccc(Cl)cc3n1CCCCC)c1cnccc12. The van der Waals surface area contributed by atoms with Gasteiger partial charge in [0.1, 0.15) is 5.82 Å². The van der Waals surface area contributed by atoms with E-state index >= 15 is 0 Å². The van der Waals surface area contributed by atoms with E-state index in [1.54, 1.807) is 0 Å². The largest absolute Gasteiger partial charge is 0.362 e. The zero-order valence-corrected chi connectivity index (χ0v) is 25.1. The Morgan fingerprint density at radius 1 is 1.18 bits per heavy atom. The van der Waals surface area contributed by atoms with Gasteiger partial charge in [0.2, 0.25) is 0 Å². The summed E-state index contributed by atoms with van der Waals surface area (Å²) < 4.78 is 2.35. The number of pyridine rings is 1. The summed E-state index contributed by atoms with van der Waals surface area (Å²) in [5, 5.41) is 0.743. The number of benzene rings is 1. The summed E-state index contributed by atoms with van der Waals surface area (Å²) in [5.41, 5.74) is 5.82. The number of hydrogen-bond donors (Lipinski definition) is 0. The van der Waals surface area contributed by atoms with Crippen LogP contribution in [0.25, 0.3) is 11.0 Å². The molecule has 0 amide bonds. The molecule has 1 spiro atoms. The van der Waals surface area contributed by atoms with Crippen LogP contribution in [0.2, 0.25) is 5.02 Å². The standard InChI is InChI=1S/C32H43ClN6/c1-8-9-10-16-38-28-18-25(33)11-12-27(28)35-30(38)20-39-23(2)32(26-13-15-34-19-29(26)39)21-37(22-32)24(3)36(7)17-14-31(4,5)6/h11-13,15,18-19H,2-3,8-10,14,16-17,20-22H2,1,4-7H3. The fourth-order valence-corrected chi connectivity index (χ4v) is 6.10. The number of nitrogens with zero attached hydrogens (tertiary/aromatic N) is 6. The summed E-state index contributed by atoms with van der Waals surface area (Å²) in [6.45, 7) is 22.6. The van der Waals surface area contributed by atoms with Crippen molar-refractivity contribution < 1.29 is 0 Å². The van der Waals surface area contributed by atoms with Crippen LogP contribution in [-0.4, -0.2) is 51.0 Å². The lowest BCUT2D eigenvalue weighted by Crippen LogP contribution is -2.60. The molecule has 0 N–H and O–H groups in total. The molecule has 1 saturated heterocycles. The maximum Gasteiger partial charge on any atom is 0.129 e. The van der Waals surface area contributed by atoms with E-state index in [0.29, 0.717) is 12.0 Å². The van der Waals surface area contributed by atoms with E-state index in [1.165, 1.54) is 18.4 Å². The quantitative estimate of drug-likeness (QED) is 0.251. The zero-order valence-electron chi connectivity index (χ0n) is 24.3. The molecule has 0 bridgehead atoms. The van der Waals surface area contributed by atoms with Gasteiger partial charge in [-0.1, -0.05) is 65.3 Å². The van der Waals surface area contributed by atoms with Gasteiger partial charge in [0.25, 0.3) is 0 Å². The molecule has 4 heterocycles. The normalized spacial score (nSPS) is 16.2. The van der Waals surface area contributed by atoms with E-state index in [4.69, 9.17) is 16.6 Å². The van der Waals surface area contributed by atoms with Gasteiger partial charge in [0.15, 0.2) is 0 Å². The molecule has 6 nitrogen and oxygen atoms in total. The Kier molecular flexibility index (Phi) is 7.45. The van der Waals surface area contributed by atoms with Crippen molar-refractivity contribution in [3.63, 3.8) is 0 Å². The highest BCUT2D eigenvalue weighted by molar-refractivity contribution is 6.31. The summed E-state index contributed by atoms with van der Waals surface area (Å²) in [4.78, 5) is 16.6. The number of hydrogen-bond acceptors (Lipinski definition) is 5. The minimum absolute atomic E-state index is 0.131. The molecular weight excluding hydrogens is 504 g/mol. The first kappa shape index (κ1) is 27.6. The molecule has 208 valence electrons. The first-order valence-corrected chi connectivity index (χ1v) is 14.6. The fourth-order valence-electron chi connectivity index (χ4n) is 5.94. The van der Waals surface area contributed by atoms with Gasteiger partial charge >= 0.3 is 0 Å². The fraction of sp³-hybridized carbons (Fsp3) is 0.500. The van der Waals surface area contributed by atoms with E-state index in [-0.39, 0.29) is 5.41 Å². The lowest BCUT2D eigenvalue weighted by Gasteiger charge is -2.52. The van der Waals surface area contributed by atoms with Crippen LogP contribution in [-0.2, 0) is 18.5 Å². The lowest BCUT2D eigenvalue weighted by atomic mass is 9.73. The summed E-state index contributed by atoms with van der Waals surface area (Å²) in [5.74, 6) is 2.13. The Morgan fingerprint density at radius 2 is 1.95 bits per heavy atom. The van der Waals surface area contributed by atoms with Crippen LogP contribution < -0.4 is 4.90 Å². The van der Waals surface area contributed by atoms with Crippen molar-refractivity contribution in [1.29, 1.82) is 0 Å². The Balaban J connectivity index is 1.39. The molecule has 1 aromatic carbocycles. The van der Waals surface area contributed by atoms with Gasteiger partial charge in [-0.25, -0.2) is 4.98 Å². The molecule has 39 heavy (non-hydrogen) atoms. The van der Waals surface area contributed by atoms with E-state index in [0.717, 1.165) is 78.1 Å².